The van der Waals surface area contributed by atoms with Crippen LogP contribution in [0, 0.1) is 0 Å². The summed E-state index contributed by atoms with van der Waals surface area (Å²) < 4.78 is 0. The summed E-state index contributed by atoms with van der Waals surface area (Å²) in [6, 6.07) is 5.11. The number of halogens is 1. The molecule has 1 fully saturated rings. The lowest BCUT2D eigenvalue weighted by atomic mass is 10.1. The summed E-state index contributed by atoms with van der Waals surface area (Å²) in [5.41, 5.74) is 1.33. The maximum absolute atomic E-state index is 12.3. The number of likely N-dealkylation sites (tertiary alicyclic amines) is 1. The van der Waals surface area contributed by atoms with Crippen molar-refractivity contribution in [1.82, 2.24) is 15.2 Å². The highest BCUT2D eigenvalue weighted by atomic mass is 35.5. The molecular weight excluding hydrogens is 306 g/mol. The lowest BCUT2D eigenvalue weighted by Crippen LogP contribution is -2.49. The van der Waals surface area contributed by atoms with Crippen LogP contribution in [-0.2, 0) is 0 Å². The Morgan fingerprint density at radius 1 is 1.41 bits per heavy atom. The zero-order chi connectivity index (χ0) is 15.7. The lowest BCUT2D eigenvalue weighted by molar-refractivity contribution is 0.0888. The molecule has 2 aromatic rings. The number of H-pyrrole nitrogens is 1. The number of nitrogens with zero attached hydrogens (tertiary/aromatic N) is 1. The summed E-state index contributed by atoms with van der Waals surface area (Å²) >= 11 is 6.01. The SMILES string of the molecule is O=C(NC1CCCN(C(=O)O)C1)c1ccc2c(Cl)c[nH]c2c1. The van der Waals surface area contributed by atoms with E-state index in [1.54, 1.807) is 24.4 Å². The first-order valence-corrected chi connectivity index (χ1v) is 7.48. The third-order valence-electron chi connectivity index (χ3n) is 3.92. The molecule has 1 aromatic carbocycles. The van der Waals surface area contributed by atoms with Crippen LogP contribution in [0.2, 0.25) is 5.02 Å². The summed E-state index contributed by atoms with van der Waals surface area (Å²) in [5.74, 6) is -0.204. The zero-order valence-corrected chi connectivity index (χ0v) is 12.6. The second kappa shape index (κ2) is 5.88. The summed E-state index contributed by atoms with van der Waals surface area (Å²) in [6.07, 6.45) is 2.27. The molecule has 1 aromatic heterocycles. The van der Waals surface area contributed by atoms with Gasteiger partial charge in [0.05, 0.1) is 5.02 Å². The van der Waals surface area contributed by atoms with Gasteiger partial charge in [0.25, 0.3) is 5.91 Å². The molecule has 1 aliphatic rings. The van der Waals surface area contributed by atoms with Crippen LogP contribution in [0.15, 0.2) is 24.4 Å². The number of aromatic nitrogens is 1. The predicted molar refractivity (Wildman–Crippen MR) is 83.4 cm³/mol. The molecule has 0 spiro atoms. The zero-order valence-electron chi connectivity index (χ0n) is 11.8. The summed E-state index contributed by atoms with van der Waals surface area (Å²) in [6.45, 7) is 0.853. The fourth-order valence-corrected chi connectivity index (χ4v) is 2.99. The first kappa shape index (κ1) is 14.7. The number of hydrogen-bond donors (Lipinski definition) is 3. The van der Waals surface area contributed by atoms with Crippen LogP contribution in [0.25, 0.3) is 10.9 Å². The van der Waals surface area contributed by atoms with Crippen molar-refractivity contribution in [1.29, 1.82) is 0 Å². The van der Waals surface area contributed by atoms with Gasteiger partial charge in [-0.25, -0.2) is 4.79 Å². The quantitative estimate of drug-likeness (QED) is 0.795. The summed E-state index contributed by atoms with van der Waals surface area (Å²) in [4.78, 5) is 27.7. The van der Waals surface area contributed by atoms with Crippen LogP contribution in [-0.4, -0.2) is 46.1 Å². The monoisotopic (exact) mass is 321 g/mol. The number of fused-ring (bicyclic) bond motifs is 1. The maximum atomic E-state index is 12.3. The molecule has 22 heavy (non-hydrogen) atoms. The number of benzene rings is 1. The third kappa shape index (κ3) is 2.87. The highest BCUT2D eigenvalue weighted by Crippen LogP contribution is 2.23. The topological polar surface area (TPSA) is 85.4 Å². The minimum atomic E-state index is -0.943. The van der Waals surface area contributed by atoms with E-state index in [0.717, 1.165) is 23.7 Å². The molecule has 0 radical (unpaired) electrons. The highest BCUT2D eigenvalue weighted by Gasteiger charge is 2.24. The predicted octanol–water partition coefficient (Wildman–Crippen LogP) is 2.69. The maximum Gasteiger partial charge on any atom is 0.407 e. The van der Waals surface area contributed by atoms with Crippen LogP contribution in [0.5, 0.6) is 0 Å². The van der Waals surface area contributed by atoms with Gasteiger partial charge in [0.2, 0.25) is 0 Å². The number of rotatable bonds is 2. The van der Waals surface area contributed by atoms with Gasteiger partial charge in [-0.2, -0.15) is 0 Å². The second-order valence-corrected chi connectivity index (χ2v) is 5.85. The molecule has 6 nitrogen and oxygen atoms in total. The number of amides is 2. The van der Waals surface area contributed by atoms with Crippen molar-refractivity contribution >= 4 is 34.5 Å². The number of aromatic amines is 1. The second-order valence-electron chi connectivity index (χ2n) is 5.44. The molecule has 0 bridgehead atoms. The van der Waals surface area contributed by atoms with Crippen molar-refractivity contribution in [2.75, 3.05) is 13.1 Å². The number of carbonyl (C=O) groups excluding carboxylic acids is 1. The molecule has 1 saturated heterocycles. The smallest absolute Gasteiger partial charge is 0.407 e. The third-order valence-corrected chi connectivity index (χ3v) is 4.23. The largest absolute Gasteiger partial charge is 0.465 e. The molecule has 2 amide bonds. The number of carboxylic acid groups (broad SMARTS) is 1. The Balaban J connectivity index is 1.71. The standard InChI is InChI=1S/C15H16ClN3O3/c16-12-7-17-13-6-9(3-4-11(12)13)14(20)18-10-2-1-5-19(8-10)15(21)22/h3-4,6-7,10,17H,1-2,5,8H2,(H,18,20)(H,21,22). The van der Waals surface area contributed by atoms with Crippen molar-refractivity contribution in [3.8, 4) is 0 Å². The molecule has 1 atom stereocenters. The van der Waals surface area contributed by atoms with Gasteiger partial charge in [0, 0.05) is 41.8 Å². The normalized spacial score (nSPS) is 18.4. The molecule has 0 aliphatic carbocycles. The molecule has 7 heteroatoms. The minimum Gasteiger partial charge on any atom is -0.465 e. The van der Waals surface area contributed by atoms with Gasteiger partial charge in [-0.15, -0.1) is 0 Å². The van der Waals surface area contributed by atoms with Crippen LogP contribution >= 0.6 is 11.6 Å². The van der Waals surface area contributed by atoms with Gasteiger partial charge in [0.15, 0.2) is 0 Å². The van der Waals surface area contributed by atoms with Crippen molar-refractivity contribution in [2.24, 2.45) is 0 Å². The van der Waals surface area contributed by atoms with Crippen LogP contribution in [0.3, 0.4) is 0 Å². The van der Waals surface area contributed by atoms with Crippen molar-refractivity contribution in [3.63, 3.8) is 0 Å². The Morgan fingerprint density at radius 3 is 3.00 bits per heavy atom. The van der Waals surface area contributed by atoms with Gasteiger partial charge in [-0.1, -0.05) is 17.7 Å². The molecular formula is C15H16ClN3O3. The molecule has 2 heterocycles. The van der Waals surface area contributed by atoms with Gasteiger partial charge in [-0.05, 0) is 25.0 Å². The summed E-state index contributed by atoms with van der Waals surface area (Å²) in [7, 11) is 0. The molecule has 0 saturated carbocycles. The van der Waals surface area contributed by atoms with Crippen molar-refractivity contribution < 1.29 is 14.7 Å². The Morgan fingerprint density at radius 2 is 2.23 bits per heavy atom. The average molecular weight is 322 g/mol. The first-order chi connectivity index (χ1) is 10.5. The van der Waals surface area contributed by atoms with Crippen LogP contribution < -0.4 is 5.32 Å². The number of nitrogens with one attached hydrogen (secondary N) is 2. The van der Waals surface area contributed by atoms with E-state index in [9.17, 15) is 9.59 Å². The van der Waals surface area contributed by atoms with Gasteiger partial charge < -0.3 is 20.3 Å². The Hall–Kier alpha value is -2.21. The Bertz CT molecular complexity index is 728. The van der Waals surface area contributed by atoms with Gasteiger partial charge >= 0.3 is 6.09 Å². The van der Waals surface area contributed by atoms with E-state index >= 15 is 0 Å². The molecule has 116 valence electrons. The van der Waals surface area contributed by atoms with E-state index in [1.807, 2.05) is 0 Å². The molecule has 1 unspecified atom stereocenters. The first-order valence-electron chi connectivity index (χ1n) is 7.10. The molecule has 1 aliphatic heterocycles. The van der Waals surface area contributed by atoms with E-state index in [4.69, 9.17) is 16.7 Å². The Kier molecular flexibility index (Phi) is 3.94. The van der Waals surface area contributed by atoms with Gasteiger partial charge in [0.1, 0.15) is 0 Å². The minimum absolute atomic E-state index is 0.153. The number of carbonyl (C=O) groups is 2. The number of hydrogen-bond acceptors (Lipinski definition) is 2. The van der Waals surface area contributed by atoms with E-state index < -0.39 is 6.09 Å². The van der Waals surface area contributed by atoms with E-state index in [2.05, 4.69) is 10.3 Å². The Labute approximate surface area is 132 Å². The molecule has 3 rings (SSSR count). The highest BCUT2D eigenvalue weighted by molar-refractivity contribution is 6.35. The fraction of sp³-hybridized carbons (Fsp3) is 0.333. The van der Waals surface area contributed by atoms with E-state index in [-0.39, 0.29) is 11.9 Å². The summed E-state index contributed by atoms with van der Waals surface area (Å²) in [5, 5.41) is 13.4. The van der Waals surface area contributed by atoms with Crippen molar-refractivity contribution in [3.05, 3.63) is 35.0 Å². The van der Waals surface area contributed by atoms with E-state index in [1.165, 1.54) is 4.90 Å². The van der Waals surface area contributed by atoms with E-state index in [0.29, 0.717) is 23.7 Å². The fourth-order valence-electron chi connectivity index (χ4n) is 2.77. The van der Waals surface area contributed by atoms with Gasteiger partial charge in [-0.3, -0.25) is 4.79 Å². The van der Waals surface area contributed by atoms with Crippen LogP contribution in [0.1, 0.15) is 23.2 Å². The average Bonchev–Trinajstić information content (AvgIpc) is 2.88. The lowest BCUT2D eigenvalue weighted by Gasteiger charge is -2.31. The molecule has 3 N–H and O–H groups in total. The van der Waals surface area contributed by atoms with Crippen molar-refractivity contribution in [2.45, 2.75) is 18.9 Å². The van der Waals surface area contributed by atoms with Crippen LogP contribution in [0.4, 0.5) is 4.79 Å². The number of piperidine rings is 1.